The maximum atomic E-state index is 12.7. The molecule has 0 spiro atoms. The predicted octanol–water partition coefficient (Wildman–Crippen LogP) is 2.43. The summed E-state index contributed by atoms with van der Waals surface area (Å²) in [5.41, 5.74) is 1.52. The minimum atomic E-state index is -0.362. The number of hydrogen-bond acceptors (Lipinski definition) is 4. The van der Waals surface area contributed by atoms with E-state index >= 15 is 0 Å². The Morgan fingerprint density at radius 2 is 2.21 bits per heavy atom. The van der Waals surface area contributed by atoms with E-state index in [1.165, 1.54) is 0 Å². The highest BCUT2D eigenvalue weighted by Gasteiger charge is 2.35. The van der Waals surface area contributed by atoms with Crippen LogP contribution in [-0.4, -0.2) is 54.3 Å². The number of benzene rings is 1. The monoisotopic (exact) mass is 328 g/mol. The Morgan fingerprint density at radius 1 is 1.42 bits per heavy atom. The van der Waals surface area contributed by atoms with Crippen LogP contribution in [0.5, 0.6) is 0 Å². The summed E-state index contributed by atoms with van der Waals surface area (Å²) in [7, 11) is 1.65. The van der Waals surface area contributed by atoms with E-state index in [1.54, 1.807) is 13.3 Å². The maximum absolute atomic E-state index is 12.7. The summed E-state index contributed by atoms with van der Waals surface area (Å²) < 4.78 is 11.2. The molecule has 1 atom stereocenters. The van der Waals surface area contributed by atoms with Gasteiger partial charge >= 0.3 is 0 Å². The molecule has 1 aromatic heterocycles. The van der Waals surface area contributed by atoms with Gasteiger partial charge in [-0.1, -0.05) is 18.2 Å². The number of carbonyl (C=O) groups is 1. The fraction of sp³-hybridized carbons (Fsp3) is 0.474. The van der Waals surface area contributed by atoms with E-state index < -0.39 is 0 Å². The van der Waals surface area contributed by atoms with Crippen LogP contribution in [0.3, 0.4) is 0 Å². The predicted molar refractivity (Wildman–Crippen MR) is 92.9 cm³/mol. The molecule has 1 aliphatic heterocycles. The van der Waals surface area contributed by atoms with Crippen molar-refractivity contribution in [2.45, 2.75) is 32.0 Å². The third-order valence-electron chi connectivity index (χ3n) is 4.19. The van der Waals surface area contributed by atoms with Crippen LogP contribution >= 0.6 is 0 Å². The van der Waals surface area contributed by atoms with Crippen molar-refractivity contribution in [2.24, 2.45) is 0 Å². The quantitative estimate of drug-likeness (QED) is 0.865. The lowest BCUT2D eigenvalue weighted by molar-refractivity contribution is -0.168. The van der Waals surface area contributed by atoms with Crippen LogP contribution in [0.4, 0.5) is 0 Å². The molecule has 1 fully saturated rings. The molecular formula is C19H24N2O3. The SMILES string of the molecule is COC[C@H]1CN(C(=O)Cc2cnc3ccccc3c2)CC(C)(C)O1. The first-order valence-corrected chi connectivity index (χ1v) is 8.25. The van der Waals surface area contributed by atoms with Crippen molar-refractivity contribution in [1.82, 2.24) is 9.88 Å². The molecule has 2 heterocycles. The highest BCUT2D eigenvalue weighted by atomic mass is 16.5. The molecule has 0 bridgehead atoms. The molecule has 1 aliphatic rings. The third-order valence-corrected chi connectivity index (χ3v) is 4.19. The molecule has 5 heteroatoms. The Kier molecular flexibility index (Phi) is 4.83. The molecule has 0 saturated carbocycles. The van der Waals surface area contributed by atoms with Crippen molar-refractivity contribution in [1.29, 1.82) is 0 Å². The smallest absolute Gasteiger partial charge is 0.227 e. The van der Waals surface area contributed by atoms with Crippen molar-refractivity contribution in [3.63, 3.8) is 0 Å². The third kappa shape index (κ3) is 3.91. The van der Waals surface area contributed by atoms with Crippen LogP contribution in [0.25, 0.3) is 10.9 Å². The number of rotatable bonds is 4. The van der Waals surface area contributed by atoms with E-state index in [9.17, 15) is 4.79 Å². The minimum Gasteiger partial charge on any atom is -0.382 e. The van der Waals surface area contributed by atoms with Crippen LogP contribution < -0.4 is 0 Å². The number of pyridine rings is 1. The zero-order valence-corrected chi connectivity index (χ0v) is 14.5. The molecule has 5 nitrogen and oxygen atoms in total. The van der Waals surface area contributed by atoms with Crippen LogP contribution in [0, 0.1) is 0 Å². The first-order chi connectivity index (χ1) is 11.5. The van der Waals surface area contributed by atoms with Gasteiger partial charge in [0.25, 0.3) is 0 Å². The Labute approximate surface area is 142 Å². The van der Waals surface area contributed by atoms with Crippen molar-refractivity contribution in [3.8, 4) is 0 Å². The van der Waals surface area contributed by atoms with E-state index in [0.717, 1.165) is 16.5 Å². The van der Waals surface area contributed by atoms with Crippen LogP contribution in [0.2, 0.25) is 0 Å². The van der Waals surface area contributed by atoms with Crippen molar-refractivity contribution < 1.29 is 14.3 Å². The van der Waals surface area contributed by atoms with Crippen LogP contribution in [-0.2, 0) is 20.7 Å². The fourth-order valence-electron chi connectivity index (χ4n) is 3.26. The number of ether oxygens (including phenoxy) is 2. The van der Waals surface area contributed by atoms with Gasteiger partial charge in [-0.2, -0.15) is 0 Å². The molecule has 128 valence electrons. The van der Waals surface area contributed by atoms with Gasteiger partial charge in [-0.05, 0) is 31.5 Å². The molecule has 0 N–H and O–H groups in total. The van der Waals surface area contributed by atoms with Gasteiger partial charge in [0.05, 0.1) is 30.2 Å². The van der Waals surface area contributed by atoms with E-state index in [2.05, 4.69) is 4.98 Å². The second-order valence-corrected chi connectivity index (χ2v) is 6.94. The second kappa shape index (κ2) is 6.87. The Hall–Kier alpha value is -1.98. The largest absolute Gasteiger partial charge is 0.382 e. The highest BCUT2D eigenvalue weighted by molar-refractivity contribution is 5.82. The normalized spacial score (nSPS) is 20.3. The van der Waals surface area contributed by atoms with Gasteiger partial charge in [0.2, 0.25) is 5.91 Å². The van der Waals surface area contributed by atoms with Gasteiger partial charge in [0.1, 0.15) is 0 Å². The number of nitrogens with zero attached hydrogens (tertiary/aromatic N) is 2. The minimum absolute atomic E-state index is 0.0857. The van der Waals surface area contributed by atoms with Gasteiger partial charge in [-0.15, -0.1) is 0 Å². The summed E-state index contributed by atoms with van der Waals surface area (Å²) >= 11 is 0. The molecule has 3 rings (SSSR count). The summed E-state index contributed by atoms with van der Waals surface area (Å²) in [5, 5.41) is 1.06. The van der Waals surface area contributed by atoms with Gasteiger partial charge in [-0.25, -0.2) is 0 Å². The Balaban J connectivity index is 1.72. The van der Waals surface area contributed by atoms with Crippen molar-refractivity contribution in [2.75, 3.05) is 26.8 Å². The lowest BCUT2D eigenvalue weighted by atomic mass is 10.0. The van der Waals surface area contributed by atoms with E-state index in [-0.39, 0.29) is 17.6 Å². The van der Waals surface area contributed by atoms with Gasteiger partial charge in [-0.3, -0.25) is 9.78 Å². The molecule has 1 amide bonds. The molecule has 0 radical (unpaired) electrons. The summed E-state index contributed by atoms with van der Waals surface area (Å²) in [6, 6.07) is 9.98. The number of methoxy groups -OCH3 is 1. The second-order valence-electron chi connectivity index (χ2n) is 6.94. The number of amides is 1. The Bertz CT molecular complexity index is 729. The first-order valence-electron chi connectivity index (χ1n) is 8.25. The van der Waals surface area contributed by atoms with Crippen molar-refractivity contribution >= 4 is 16.8 Å². The lowest BCUT2D eigenvalue weighted by Gasteiger charge is -2.42. The molecule has 24 heavy (non-hydrogen) atoms. The van der Waals surface area contributed by atoms with E-state index in [0.29, 0.717) is 26.1 Å². The van der Waals surface area contributed by atoms with Crippen LogP contribution in [0.1, 0.15) is 19.4 Å². The number of aromatic nitrogens is 1. The highest BCUT2D eigenvalue weighted by Crippen LogP contribution is 2.22. The molecule has 0 aliphatic carbocycles. The molecule has 1 saturated heterocycles. The summed E-state index contributed by atoms with van der Waals surface area (Å²) in [6.45, 7) is 5.66. The summed E-state index contributed by atoms with van der Waals surface area (Å²) in [5.74, 6) is 0.101. The topological polar surface area (TPSA) is 51.7 Å². The zero-order valence-electron chi connectivity index (χ0n) is 14.5. The zero-order chi connectivity index (χ0) is 17.2. The fourth-order valence-corrected chi connectivity index (χ4v) is 3.26. The maximum Gasteiger partial charge on any atom is 0.227 e. The van der Waals surface area contributed by atoms with Gasteiger partial charge in [0.15, 0.2) is 0 Å². The molecule has 2 aromatic rings. The first kappa shape index (κ1) is 16.9. The van der Waals surface area contributed by atoms with E-state index in [1.807, 2.05) is 49.1 Å². The number of morpholine rings is 1. The Morgan fingerprint density at radius 3 is 3.00 bits per heavy atom. The van der Waals surface area contributed by atoms with Gasteiger partial charge in [0, 0.05) is 31.8 Å². The van der Waals surface area contributed by atoms with E-state index in [4.69, 9.17) is 9.47 Å². The molecule has 1 aromatic carbocycles. The van der Waals surface area contributed by atoms with Crippen LogP contribution in [0.15, 0.2) is 36.5 Å². The van der Waals surface area contributed by atoms with Crippen molar-refractivity contribution in [3.05, 3.63) is 42.1 Å². The summed E-state index contributed by atoms with van der Waals surface area (Å²) in [6.07, 6.45) is 2.06. The summed E-state index contributed by atoms with van der Waals surface area (Å²) in [4.78, 5) is 19.1. The molecule has 0 unspecified atom stereocenters. The lowest BCUT2D eigenvalue weighted by Crippen LogP contribution is -2.56. The number of carbonyl (C=O) groups excluding carboxylic acids is 1. The average molecular weight is 328 g/mol. The number of fused-ring (bicyclic) bond motifs is 1. The number of hydrogen-bond donors (Lipinski definition) is 0. The number of para-hydroxylation sites is 1. The standard InChI is InChI=1S/C19H24N2O3/c1-19(2)13-21(11-16(24-19)12-23-3)18(22)9-14-8-15-6-4-5-7-17(15)20-10-14/h4-8,10,16H,9,11-13H2,1-3H3/t16-/m1/s1. The average Bonchev–Trinajstić information content (AvgIpc) is 2.53. The van der Waals surface area contributed by atoms with Gasteiger partial charge < -0.3 is 14.4 Å². The molecular weight excluding hydrogens is 304 g/mol.